The Hall–Kier alpha value is -2.59. The molecule has 0 bridgehead atoms. The topological polar surface area (TPSA) is 100 Å². The van der Waals surface area contributed by atoms with Crippen molar-refractivity contribution in [2.75, 3.05) is 44.3 Å². The summed E-state index contributed by atoms with van der Waals surface area (Å²) in [7, 11) is 0. The lowest BCUT2D eigenvalue weighted by atomic mass is 10.1. The van der Waals surface area contributed by atoms with Crippen LogP contribution in [0, 0.1) is 0 Å². The molecule has 33 heavy (non-hydrogen) atoms. The van der Waals surface area contributed by atoms with E-state index in [0.717, 1.165) is 58.3 Å². The van der Waals surface area contributed by atoms with Gasteiger partial charge in [-0.2, -0.15) is 0 Å². The van der Waals surface area contributed by atoms with Crippen LogP contribution in [0.4, 0.5) is 5.95 Å². The molecule has 178 valence electrons. The number of carbonyl (C=O) groups excluding carboxylic acids is 1. The van der Waals surface area contributed by atoms with Gasteiger partial charge < -0.3 is 14.7 Å². The van der Waals surface area contributed by atoms with E-state index in [1.54, 1.807) is 0 Å². The first-order chi connectivity index (χ1) is 16.2. The van der Waals surface area contributed by atoms with Crippen molar-refractivity contribution in [2.45, 2.75) is 44.4 Å². The third kappa shape index (κ3) is 6.70. The number of anilines is 1. The predicted octanol–water partition coefficient (Wildman–Crippen LogP) is 1.98. The Morgan fingerprint density at radius 3 is 2.73 bits per heavy atom. The molecule has 3 aliphatic rings. The minimum atomic E-state index is -0.396. The molecule has 4 rings (SSSR count). The number of aliphatic hydroxyl groups is 1. The molecule has 2 unspecified atom stereocenters. The van der Waals surface area contributed by atoms with Crippen molar-refractivity contribution < 1.29 is 19.5 Å². The highest BCUT2D eigenvalue weighted by Crippen LogP contribution is 2.16. The molecule has 1 aromatic heterocycles. The molecule has 1 amide bonds. The number of nitrogens with zero attached hydrogens (tertiary/aromatic N) is 4. The first kappa shape index (κ1) is 23.6. The van der Waals surface area contributed by atoms with Crippen LogP contribution in [-0.2, 0) is 9.57 Å². The normalized spacial score (nSPS) is 22.9. The lowest BCUT2D eigenvalue weighted by Gasteiger charge is -2.37. The van der Waals surface area contributed by atoms with Crippen LogP contribution in [0.5, 0.6) is 0 Å². The molecule has 9 heteroatoms. The SMILES string of the molecule is O=C(NOC1CCCCO1)c1cnc(N2CCN(C(/C=C/C3=CCCC=C3)CO)CC2)nc1. The predicted molar refractivity (Wildman–Crippen MR) is 124 cm³/mol. The molecule has 0 spiro atoms. The molecular weight excluding hydrogens is 422 g/mol. The van der Waals surface area contributed by atoms with Crippen molar-refractivity contribution in [3.05, 3.63) is 53.9 Å². The van der Waals surface area contributed by atoms with E-state index in [0.29, 0.717) is 18.1 Å². The van der Waals surface area contributed by atoms with Gasteiger partial charge in [0.2, 0.25) is 5.95 Å². The van der Waals surface area contributed by atoms with E-state index < -0.39 is 6.29 Å². The summed E-state index contributed by atoms with van der Waals surface area (Å²) < 4.78 is 5.44. The van der Waals surface area contributed by atoms with Crippen molar-refractivity contribution >= 4 is 11.9 Å². The maximum absolute atomic E-state index is 12.3. The van der Waals surface area contributed by atoms with Gasteiger partial charge in [0.15, 0.2) is 6.29 Å². The molecule has 0 saturated carbocycles. The fourth-order valence-corrected chi connectivity index (χ4v) is 4.12. The van der Waals surface area contributed by atoms with E-state index in [2.05, 4.69) is 55.6 Å². The van der Waals surface area contributed by atoms with Gasteiger partial charge in [-0.15, -0.1) is 0 Å². The number of amides is 1. The molecular formula is C24H33N5O4. The zero-order valence-corrected chi connectivity index (χ0v) is 18.9. The Morgan fingerprint density at radius 2 is 2.06 bits per heavy atom. The molecule has 1 aromatic rings. The number of hydrogen-bond donors (Lipinski definition) is 2. The molecule has 0 aromatic carbocycles. The summed E-state index contributed by atoms with van der Waals surface area (Å²) in [5.41, 5.74) is 3.96. The zero-order chi connectivity index (χ0) is 22.9. The van der Waals surface area contributed by atoms with E-state index in [1.165, 1.54) is 18.0 Å². The van der Waals surface area contributed by atoms with Gasteiger partial charge in [0.25, 0.3) is 5.91 Å². The number of carbonyl (C=O) groups is 1. The van der Waals surface area contributed by atoms with Gasteiger partial charge in [0, 0.05) is 51.6 Å². The fourth-order valence-electron chi connectivity index (χ4n) is 4.12. The second-order valence-corrected chi connectivity index (χ2v) is 8.43. The largest absolute Gasteiger partial charge is 0.394 e. The number of rotatable bonds is 8. The van der Waals surface area contributed by atoms with Crippen LogP contribution in [0.15, 0.2) is 48.3 Å². The van der Waals surface area contributed by atoms with Gasteiger partial charge in [-0.05, 0) is 31.3 Å². The van der Waals surface area contributed by atoms with Crippen LogP contribution in [-0.4, -0.2) is 77.6 Å². The summed E-state index contributed by atoms with van der Waals surface area (Å²) in [4.78, 5) is 30.7. The van der Waals surface area contributed by atoms with Crippen molar-refractivity contribution in [3.8, 4) is 0 Å². The Kier molecular flexibility index (Phi) is 8.59. The third-order valence-electron chi connectivity index (χ3n) is 6.11. The van der Waals surface area contributed by atoms with E-state index in [-0.39, 0.29) is 18.6 Å². The van der Waals surface area contributed by atoms with Gasteiger partial charge in [0.1, 0.15) is 0 Å². The molecule has 0 radical (unpaired) electrons. The molecule has 2 fully saturated rings. The summed E-state index contributed by atoms with van der Waals surface area (Å²) >= 11 is 0. The molecule has 2 N–H and O–H groups in total. The van der Waals surface area contributed by atoms with Crippen molar-refractivity contribution in [1.29, 1.82) is 0 Å². The zero-order valence-electron chi connectivity index (χ0n) is 18.9. The average Bonchev–Trinajstić information content (AvgIpc) is 2.89. The smallest absolute Gasteiger partial charge is 0.278 e. The van der Waals surface area contributed by atoms with Crippen LogP contribution < -0.4 is 10.4 Å². The lowest BCUT2D eigenvalue weighted by Crippen LogP contribution is -2.51. The quantitative estimate of drug-likeness (QED) is 0.574. The van der Waals surface area contributed by atoms with Gasteiger partial charge in [-0.25, -0.2) is 20.3 Å². The standard InChI is InChI=1S/C24H33N5O4/c30-18-21(10-9-19-6-2-1-3-7-19)28-11-13-29(14-12-28)24-25-16-20(17-26-24)23(31)27-33-22-8-4-5-15-32-22/h2,6-7,9-10,16-17,21-22,30H,1,3-5,8,11-15,18H2,(H,27,31)/b10-9+. The number of hydroxylamine groups is 1. The number of piperazine rings is 1. The summed E-state index contributed by atoms with van der Waals surface area (Å²) in [5, 5.41) is 9.88. The lowest BCUT2D eigenvalue weighted by molar-refractivity contribution is -0.186. The minimum Gasteiger partial charge on any atom is -0.394 e. The number of nitrogens with one attached hydrogen (secondary N) is 1. The number of aromatic nitrogens is 2. The van der Waals surface area contributed by atoms with Crippen LogP contribution >= 0.6 is 0 Å². The van der Waals surface area contributed by atoms with Gasteiger partial charge in [-0.3, -0.25) is 9.69 Å². The minimum absolute atomic E-state index is 0.0106. The van der Waals surface area contributed by atoms with Gasteiger partial charge in [0.05, 0.1) is 18.2 Å². The maximum Gasteiger partial charge on any atom is 0.278 e. The van der Waals surface area contributed by atoms with Crippen LogP contribution in [0.1, 0.15) is 42.5 Å². The molecule has 2 atom stereocenters. The average molecular weight is 456 g/mol. The Bertz CT molecular complexity index is 856. The first-order valence-corrected chi connectivity index (χ1v) is 11.8. The Morgan fingerprint density at radius 1 is 1.24 bits per heavy atom. The Balaban J connectivity index is 1.25. The number of aliphatic hydroxyl groups excluding tert-OH is 1. The van der Waals surface area contributed by atoms with Crippen LogP contribution in [0.3, 0.4) is 0 Å². The number of ether oxygens (including phenoxy) is 1. The van der Waals surface area contributed by atoms with E-state index in [9.17, 15) is 9.90 Å². The number of hydrogen-bond acceptors (Lipinski definition) is 8. The summed E-state index contributed by atoms with van der Waals surface area (Å²) in [6.07, 6.45) is 18.3. The van der Waals surface area contributed by atoms with Crippen molar-refractivity contribution in [1.82, 2.24) is 20.3 Å². The van der Waals surface area contributed by atoms with Crippen LogP contribution in [0.25, 0.3) is 0 Å². The molecule has 9 nitrogen and oxygen atoms in total. The van der Waals surface area contributed by atoms with Crippen molar-refractivity contribution in [2.24, 2.45) is 0 Å². The van der Waals surface area contributed by atoms with Gasteiger partial charge in [-0.1, -0.05) is 30.4 Å². The third-order valence-corrected chi connectivity index (χ3v) is 6.11. The Labute approximate surface area is 194 Å². The molecule has 2 saturated heterocycles. The summed E-state index contributed by atoms with van der Waals surface area (Å²) in [5.74, 6) is 0.206. The number of allylic oxidation sites excluding steroid dienone is 5. The van der Waals surface area contributed by atoms with E-state index in [1.807, 2.05) is 0 Å². The summed E-state index contributed by atoms with van der Waals surface area (Å²) in [6, 6.07) is -0.0106. The van der Waals surface area contributed by atoms with E-state index >= 15 is 0 Å². The molecule has 3 heterocycles. The molecule has 2 aliphatic heterocycles. The fraction of sp³-hybridized carbons (Fsp3) is 0.542. The monoisotopic (exact) mass is 455 g/mol. The highest BCUT2D eigenvalue weighted by Gasteiger charge is 2.24. The van der Waals surface area contributed by atoms with E-state index in [4.69, 9.17) is 9.57 Å². The second-order valence-electron chi connectivity index (χ2n) is 8.43. The maximum atomic E-state index is 12.3. The first-order valence-electron chi connectivity index (χ1n) is 11.8. The highest BCUT2D eigenvalue weighted by molar-refractivity contribution is 5.92. The summed E-state index contributed by atoms with van der Waals surface area (Å²) in [6.45, 7) is 3.83. The molecule has 1 aliphatic carbocycles. The highest BCUT2D eigenvalue weighted by atomic mass is 16.8. The van der Waals surface area contributed by atoms with Crippen LogP contribution in [0.2, 0.25) is 0 Å². The van der Waals surface area contributed by atoms with Crippen molar-refractivity contribution in [3.63, 3.8) is 0 Å². The second kappa shape index (κ2) is 12.0. The van der Waals surface area contributed by atoms with Gasteiger partial charge >= 0.3 is 0 Å².